The van der Waals surface area contributed by atoms with Crippen LogP contribution in [0.4, 0.5) is 0 Å². The van der Waals surface area contributed by atoms with Crippen molar-refractivity contribution in [2.75, 3.05) is 7.11 Å². The molecular weight excluding hydrogens is 577 g/mol. The zero-order chi connectivity index (χ0) is 25.6. The fourth-order valence-corrected chi connectivity index (χ4v) is 4.92. The van der Waals surface area contributed by atoms with Crippen molar-refractivity contribution >= 4 is 45.5 Å². The van der Waals surface area contributed by atoms with Gasteiger partial charge in [-0.25, -0.2) is 5.43 Å². The van der Waals surface area contributed by atoms with Crippen molar-refractivity contribution in [2.24, 2.45) is 5.10 Å². The van der Waals surface area contributed by atoms with E-state index >= 15 is 0 Å². The number of carbonyl (C=O) groups excluding carboxylic acids is 1. The summed E-state index contributed by atoms with van der Waals surface area (Å²) in [7, 11) is 1.61. The van der Waals surface area contributed by atoms with E-state index in [2.05, 4.69) is 57.4 Å². The summed E-state index contributed by atoms with van der Waals surface area (Å²) in [5.74, 6) is 0.966. The van der Waals surface area contributed by atoms with Gasteiger partial charge in [-0.2, -0.15) is 5.10 Å². The first-order valence-corrected chi connectivity index (χ1v) is 12.7. The number of methoxy groups -OCH3 is 1. The van der Waals surface area contributed by atoms with E-state index in [-0.39, 0.29) is 5.91 Å². The summed E-state index contributed by atoms with van der Waals surface area (Å²) >= 11 is 2.22. The average molecular weight is 601 g/mol. The van der Waals surface area contributed by atoms with Crippen molar-refractivity contribution in [3.05, 3.63) is 124 Å². The molecule has 0 saturated carbocycles. The fourth-order valence-electron chi connectivity index (χ4n) is 4.13. The van der Waals surface area contributed by atoms with Gasteiger partial charge in [-0.15, -0.1) is 0 Å². The SMILES string of the molecule is COc1cc(/C=N\NC(=O)c2ccccc2-n2cccc2)cc(I)c1OCc1cccc2ccccc12. The number of nitrogens with one attached hydrogen (secondary N) is 1. The second-order valence-electron chi connectivity index (χ2n) is 8.27. The molecule has 5 rings (SSSR count). The lowest BCUT2D eigenvalue weighted by Gasteiger charge is -2.14. The lowest BCUT2D eigenvalue weighted by Crippen LogP contribution is -2.19. The number of para-hydroxylation sites is 1. The number of carbonyl (C=O) groups is 1. The van der Waals surface area contributed by atoms with Crippen LogP contribution in [0.5, 0.6) is 11.5 Å². The van der Waals surface area contributed by atoms with E-state index in [1.165, 1.54) is 5.39 Å². The number of amides is 1. The van der Waals surface area contributed by atoms with Crippen LogP contribution in [0.2, 0.25) is 0 Å². The van der Waals surface area contributed by atoms with Gasteiger partial charge in [0.25, 0.3) is 5.91 Å². The molecular formula is C30H24IN3O3. The number of aromatic nitrogens is 1. The number of benzene rings is 4. The monoisotopic (exact) mass is 601 g/mol. The molecule has 1 amide bonds. The minimum Gasteiger partial charge on any atom is -0.493 e. The minimum atomic E-state index is -0.294. The average Bonchev–Trinajstić information content (AvgIpc) is 3.47. The molecule has 5 aromatic rings. The number of hydrogen-bond donors (Lipinski definition) is 1. The Morgan fingerprint density at radius 1 is 0.973 bits per heavy atom. The van der Waals surface area contributed by atoms with Crippen LogP contribution in [0.25, 0.3) is 16.5 Å². The Hall–Kier alpha value is -4.11. The number of hydrogen-bond acceptors (Lipinski definition) is 4. The zero-order valence-corrected chi connectivity index (χ0v) is 22.3. The van der Waals surface area contributed by atoms with Crippen LogP contribution in [-0.2, 0) is 6.61 Å². The maximum atomic E-state index is 12.8. The molecule has 0 bridgehead atoms. The van der Waals surface area contributed by atoms with Gasteiger partial charge in [0.1, 0.15) is 6.61 Å². The molecule has 37 heavy (non-hydrogen) atoms. The highest BCUT2D eigenvalue weighted by molar-refractivity contribution is 14.1. The summed E-state index contributed by atoms with van der Waals surface area (Å²) in [5.41, 5.74) is 5.81. The minimum absolute atomic E-state index is 0.294. The molecule has 184 valence electrons. The van der Waals surface area contributed by atoms with E-state index in [4.69, 9.17) is 9.47 Å². The predicted octanol–water partition coefficient (Wildman–Crippen LogP) is 6.59. The molecule has 7 heteroatoms. The van der Waals surface area contributed by atoms with Gasteiger partial charge in [-0.3, -0.25) is 4.79 Å². The molecule has 0 unspecified atom stereocenters. The Balaban J connectivity index is 1.30. The molecule has 0 aliphatic carbocycles. The highest BCUT2D eigenvalue weighted by Gasteiger charge is 2.14. The first kappa shape index (κ1) is 24.6. The lowest BCUT2D eigenvalue weighted by atomic mass is 10.1. The van der Waals surface area contributed by atoms with E-state index in [0.29, 0.717) is 23.7 Å². The predicted molar refractivity (Wildman–Crippen MR) is 155 cm³/mol. The van der Waals surface area contributed by atoms with E-state index in [1.54, 1.807) is 19.4 Å². The molecule has 0 saturated heterocycles. The van der Waals surface area contributed by atoms with Crippen LogP contribution in [0.1, 0.15) is 21.5 Å². The molecule has 0 spiro atoms. The summed E-state index contributed by atoms with van der Waals surface area (Å²) in [4.78, 5) is 12.8. The number of rotatable bonds is 8. The van der Waals surface area contributed by atoms with Crippen molar-refractivity contribution in [3.8, 4) is 17.2 Å². The van der Waals surface area contributed by atoms with E-state index in [9.17, 15) is 4.79 Å². The van der Waals surface area contributed by atoms with Gasteiger partial charge >= 0.3 is 0 Å². The molecule has 0 fully saturated rings. The first-order chi connectivity index (χ1) is 18.1. The van der Waals surface area contributed by atoms with Crippen LogP contribution < -0.4 is 14.9 Å². The number of hydrazone groups is 1. The molecule has 0 aliphatic heterocycles. The van der Waals surface area contributed by atoms with Gasteiger partial charge in [0.05, 0.1) is 28.1 Å². The third-order valence-corrected chi connectivity index (χ3v) is 6.72. The van der Waals surface area contributed by atoms with Crippen LogP contribution in [0.15, 0.2) is 108 Å². The Labute approximate surface area is 228 Å². The van der Waals surface area contributed by atoms with Crippen LogP contribution in [0, 0.1) is 3.57 Å². The fraction of sp³-hybridized carbons (Fsp3) is 0.0667. The van der Waals surface area contributed by atoms with Crippen LogP contribution in [0.3, 0.4) is 0 Å². The standard InChI is InChI=1S/C30H24IN3O3/c1-36-28-18-21(19-32-33-30(35)25-13-4-5-14-27(25)34-15-6-7-16-34)17-26(31)29(28)37-20-23-11-8-10-22-9-2-3-12-24(22)23/h2-19H,20H2,1H3,(H,33,35)/b32-19-. The van der Waals surface area contributed by atoms with Gasteiger partial charge < -0.3 is 14.0 Å². The number of halogens is 1. The largest absolute Gasteiger partial charge is 0.493 e. The van der Waals surface area contributed by atoms with E-state index in [0.717, 1.165) is 25.8 Å². The maximum absolute atomic E-state index is 12.8. The Kier molecular flexibility index (Phi) is 7.51. The molecule has 1 aromatic heterocycles. The molecule has 0 aliphatic rings. The normalized spacial score (nSPS) is 11.1. The van der Waals surface area contributed by atoms with Gasteiger partial charge in [0.15, 0.2) is 11.5 Å². The quantitative estimate of drug-likeness (QED) is 0.124. The third-order valence-electron chi connectivity index (χ3n) is 5.91. The summed E-state index contributed by atoms with van der Waals surface area (Å²) in [6.07, 6.45) is 5.39. The number of ether oxygens (including phenoxy) is 2. The van der Waals surface area contributed by atoms with Crippen molar-refractivity contribution in [2.45, 2.75) is 6.61 Å². The highest BCUT2D eigenvalue weighted by atomic mass is 127. The van der Waals surface area contributed by atoms with Gasteiger partial charge in [-0.1, -0.05) is 54.6 Å². The van der Waals surface area contributed by atoms with Crippen LogP contribution >= 0.6 is 22.6 Å². The summed E-state index contributed by atoms with van der Waals surface area (Å²) in [6, 6.07) is 29.4. The van der Waals surface area contributed by atoms with Crippen LogP contribution in [-0.4, -0.2) is 23.8 Å². The Morgan fingerprint density at radius 2 is 1.73 bits per heavy atom. The third kappa shape index (κ3) is 5.51. The first-order valence-electron chi connectivity index (χ1n) is 11.7. The smallest absolute Gasteiger partial charge is 0.273 e. The van der Waals surface area contributed by atoms with Gasteiger partial charge in [-0.05, 0) is 80.9 Å². The topological polar surface area (TPSA) is 64.8 Å². The second-order valence-corrected chi connectivity index (χ2v) is 9.43. The highest BCUT2D eigenvalue weighted by Crippen LogP contribution is 2.34. The lowest BCUT2D eigenvalue weighted by molar-refractivity contribution is 0.0955. The van der Waals surface area contributed by atoms with Crippen molar-refractivity contribution < 1.29 is 14.3 Å². The summed E-state index contributed by atoms with van der Waals surface area (Å²) < 4.78 is 14.6. The molecule has 1 heterocycles. The molecule has 4 aromatic carbocycles. The van der Waals surface area contributed by atoms with Crippen molar-refractivity contribution in [1.29, 1.82) is 0 Å². The van der Waals surface area contributed by atoms with Crippen molar-refractivity contribution in [3.63, 3.8) is 0 Å². The Bertz CT molecular complexity index is 1570. The van der Waals surface area contributed by atoms with E-state index in [1.807, 2.05) is 77.6 Å². The molecule has 0 atom stereocenters. The van der Waals surface area contributed by atoms with E-state index < -0.39 is 0 Å². The molecule has 6 nitrogen and oxygen atoms in total. The van der Waals surface area contributed by atoms with Crippen molar-refractivity contribution in [1.82, 2.24) is 9.99 Å². The maximum Gasteiger partial charge on any atom is 0.273 e. The number of nitrogens with zero attached hydrogens (tertiary/aromatic N) is 2. The Morgan fingerprint density at radius 3 is 2.57 bits per heavy atom. The number of fused-ring (bicyclic) bond motifs is 1. The second kappa shape index (κ2) is 11.3. The van der Waals surface area contributed by atoms with Gasteiger partial charge in [0.2, 0.25) is 0 Å². The summed E-state index contributed by atoms with van der Waals surface area (Å²) in [5, 5.41) is 6.52. The summed E-state index contributed by atoms with van der Waals surface area (Å²) in [6.45, 7) is 0.415. The van der Waals surface area contributed by atoms with Gasteiger partial charge in [0, 0.05) is 12.4 Å². The molecule has 0 radical (unpaired) electrons. The molecule has 1 N–H and O–H groups in total. The zero-order valence-electron chi connectivity index (χ0n) is 20.1.